The van der Waals surface area contributed by atoms with Gasteiger partial charge in [-0.3, -0.25) is 20.4 Å². The molecule has 1 atom stereocenters. The molecule has 0 bridgehead atoms. The zero-order chi connectivity index (χ0) is 21.4. The Bertz CT molecular complexity index is 811. The summed E-state index contributed by atoms with van der Waals surface area (Å²) in [6.07, 6.45) is -0.779. The van der Waals surface area contributed by atoms with Crippen LogP contribution in [0, 0.1) is 0 Å². The topological polar surface area (TPSA) is 85.9 Å². The van der Waals surface area contributed by atoms with Crippen LogP contribution in [0.2, 0.25) is 0 Å². The molecule has 2 amide bonds. The summed E-state index contributed by atoms with van der Waals surface area (Å²) in [6.45, 7) is 7.74. The van der Waals surface area contributed by atoms with E-state index < -0.39 is 17.9 Å². The number of hydrogen-bond acceptors (Lipinski definition) is 5. The molecule has 2 rings (SSSR count). The van der Waals surface area contributed by atoms with Crippen molar-refractivity contribution < 1.29 is 23.8 Å². The first kappa shape index (κ1) is 22.1. The Labute approximate surface area is 171 Å². The van der Waals surface area contributed by atoms with Crippen LogP contribution in [0.1, 0.15) is 33.3 Å². The minimum Gasteiger partial charge on any atom is -0.497 e. The van der Waals surface area contributed by atoms with Crippen molar-refractivity contribution in [3.63, 3.8) is 0 Å². The van der Waals surface area contributed by atoms with E-state index in [0.29, 0.717) is 17.2 Å². The van der Waals surface area contributed by atoms with E-state index in [1.807, 2.05) is 24.3 Å². The third kappa shape index (κ3) is 7.03. The third-order valence-corrected chi connectivity index (χ3v) is 4.16. The lowest BCUT2D eigenvalue weighted by atomic mass is 9.87. The van der Waals surface area contributed by atoms with Crippen LogP contribution in [-0.2, 0) is 15.0 Å². The number of ether oxygens (including phenoxy) is 3. The SMILES string of the molecule is COc1ccc(OCC(=O)NNC(=O)C(C)Oc2ccc(C(C)(C)C)cc2)cc1. The van der Waals surface area contributed by atoms with Gasteiger partial charge in [0.1, 0.15) is 17.2 Å². The van der Waals surface area contributed by atoms with Crippen molar-refractivity contribution in [2.75, 3.05) is 13.7 Å². The van der Waals surface area contributed by atoms with E-state index in [2.05, 4.69) is 31.6 Å². The highest BCUT2D eigenvalue weighted by molar-refractivity contribution is 5.85. The number of amides is 2. The number of carbonyl (C=O) groups excluding carboxylic acids is 2. The second kappa shape index (κ2) is 9.82. The molecule has 0 heterocycles. The summed E-state index contributed by atoms with van der Waals surface area (Å²) in [5.41, 5.74) is 5.85. The lowest BCUT2D eigenvalue weighted by Gasteiger charge is -2.20. The normalized spacial score (nSPS) is 11.9. The fraction of sp³-hybridized carbons (Fsp3) is 0.364. The summed E-state index contributed by atoms with van der Waals surface area (Å²) in [4.78, 5) is 24.0. The van der Waals surface area contributed by atoms with Crippen molar-refractivity contribution in [2.24, 2.45) is 0 Å². The molecule has 1 unspecified atom stereocenters. The standard InChI is InChI=1S/C22H28N2O5/c1-15(29-19-8-6-16(7-9-19)22(2,3)4)21(26)24-23-20(25)14-28-18-12-10-17(27-5)11-13-18/h6-13,15H,14H2,1-5H3,(H,23,25)(H,24,26). The number of methoxy groups -OCH3 is 1. The van der Waals surface area contributed by atoms with Crippen molar-refractivity contribution in [3.05, 3.63) is 54.1 Å². The van der Waals surface area contributed by atoms with E-state index in [4.69, 9.17) is 14.2 Å². The van der Waals surface area contributed by atoms with E-state index in [-0.39, 0.29) is 12.0 Å². The van der Waals surface area contributed by atoms with Crippen molar-refractivity contribution in [1.82, 2.24) is 10.9 Å². The Balaban J connectivity index is 1.75. The van der Waals surface area contributed by atoms with Gasteiger partial charge in [-0.25, -0.2) is 0 Å². The number of hydrazine groups is 1. The van der Waals surface area contributed by atoms with E-state index >= 15 is 0 Å². The van der Waals surface area contributed by atoms with E-state index in [9.17, 15) is 9.59 Å². The highest BCUT2D eigenvalue weighted by Crippen LogP contribution is 2.24. The lowest BCUT2D eigenvalue weighted by molar-refractivity contribution is -0.133. The van der Waals surface area contributed by atoms with Crippen molar-refractivity contribution in [1.29, 1.82) is 0 Å². The molecule has 0 aliphatic carbocycles. The Morgan fingerprint density at radius 3 is 2.00 bits per heavy atom. The quantitative estimate of drug-likeness (QED) is 0.698. The zero-order valence-electron chi connectivity index (χ0n) is 17.4. The molecule has 7 heteroatoms. The van der Waals surface area contributed by atoms with Crippen molar-refractivity contribution in [3.8, 4) is 17.2 Å². The molecule has 0 aliphatic rings. The average Bonchev–Trinajstić information content (AvgIpc) is 2.70. The van der Waals surface area contributed by atoms with Gasteiger partial charge in [0, 0.05) is 0 Å². The van der Waals surface area contributed by atoms with Crippen LogP contribution in [-0.4, -0.2) is 31.6 Å². The predicted octanol–water partition coefficient (Wildman–Crippen LogP) is 2.99. The highest BCUT2D eigenvalue weighted by atomic mass is 16.5. The molecule has 0 saturated heterocycles. The summed E-state index contributed by atoms with van der Waals surface area (Å²) in [6, 6.07) is 14.4. The number of hydrogen-bond donors (Lipinski definition) is 2. The van der Waals surface area contributed by atoms with Crippen LogP contribution < -0.4 is 25.1 Å². The Kier molecular flexibility index (Phi) is 7.47. The minimum absolute atomic E-state index is 0.0414. The molecule has 2 aromatic rings. The molecule has 0 radical (unpaired) electrons. The highest BCUT2D eigenvalue weighted by Gasteiger charge is 2.17. The maximum absolute atomic E-state index is 12.1. The first-order valence-electron chi connectivity index (χ1n) is 9.32. The van der Waals surface area contributed by atoms with E-state index in [1.165, 1.54) is 5.56 Å². The number of benzene rings is 2. The van der Waals surface area contributed by atoms with Gasteiger partial charge in [-0.15, -0.1) is 0 Å². The maximum atomic E-state index is 12.1. The minimum atomic E-state index is -0.779. The monoisotopic (exact) mass is 400 g/mol. The number of nitrogens with one attached hydrogen (secondary N) is 2. The molecule has 0 fully saturated rings. The first-order valence-corrected chi connectivity index (χ1v) is 9.32. The Hall–Kier alpha value is -3.22. The number of carbonyl (C=O) groups is 2. The smallest absolute Gasteiger partial charge is 0.279 e. The lowest BCUT2D eigenvalue weighted by Crippen LogP contribution is -2.48. The maximum Gasteiger partial charge on any atom is 0.279 e. The van der Waals surface area contributed by atoms with Gasteiger partial charge in [-0.05, 0) is 54.3 Å². The van der Waals surface area contributed by atoms with Gasteiger partial charge in [0.15, 0.2) is 12.7 Å². The van der Waals surface area contributed by atoms with E-state index in [0.717, 1.165) is 0 Å². The molecule has 2 aromatic carbocycles. The van der Waals surface area contributed by atoms with Gasteiger partial charge < -0.3 is 14.2 Å². The summed E-state index contributed by atoms with van der Waals surface area (Å²) in [5, 5.41) is 0. The summed E-state index contributed by atoms with van der Waals surface area (Å²) in [5.74, 6) is 0.826. The van der Waals surface area contributed by atoms with Crippen molar-refractivity contribution >= 4 is 11.8 Å². The largest absolute Gasteiger partial charge is 0.497 e. The van der Waals surface area contributed by atoms with Gasteiger partial charge in [0.2, 0.25) is 0 Å². The molecule has 0 aliphatic heterocycles. The summed E-state index contributed by atoms with van der Waals surface area (Å²) in [7, 11) is 1.57. The van der Waals surface area contributed by atoms with E-state index in [1.54, 1.807) is 38.3 Å². The second-order valence-electron chi connectivity index (χ2n) is 7.54. The van der Waals surface area contributed by atoms with Crippen LogP contribution in [0.25, 0.3) is 0 Å². The van der Waals surface area contributed by atoms with Gasteiger partial charge in [0.25, 0.3) is 11.8 Å². The molecule has 156 valence electrons. The predicted molar refractivity (Wildman–Crippen MR) is 110 cm³/mol. The molecule has 0 aromatic heterocycles. The van der Waals surface area contributed by atoms with Crippen LogP contribution in [0.4, 0.5) is 0 Å². The molecular weight excluding hydrogens is 372 g/mol. The molecular formula is C22H28N2O5. The molecule has 0 saturated carbocycles. The van der Waals surface area contributed by atoms with Crippen molar-refractivity contribution in [2.45, 2.75) is 39.2 Å². The fourth-order valence-corrected chi connectivity index (χ4v) is 2.38. The van der Waals surface area contributed by atoms with Crippen LogP contribution >= 0.6 is 0 Å². The summed E-state index contributed by atoms with van der Waals surface area (Å²) < 4.78 is 16.0. The zero-order valence-corrected chi connectivity index (χ0v) is 17.4. The third-order valence-electron chi connectivity index (χ3n) is 4.16. The van der Waals surface area contributed by atoms with Gasteiger partial charge in [0.05, 0.1) is 7.11 Å². The first-order chi connectivity index (χ1) is 13.7. The molecule has 2 N–H and O–H groups in total. The van der Waals surface area contributed by atoms with Gasteiger partial charge in [-0.1, -0.05) is 32.9 Å². The van der Waals surface area contributed by atoms with Crippen LogP contribution in [0.15, 0.2) is 48.5 Å². The average molecular weight is 400 g/mol. The second-order valence-corrected chi connectivity index (χ2v) is 7.54. The molecule has 7 nitrogen and oxygen atoms in total. The van der Waals surface area contributed by atoms with Crippen LogP contribution in [0.3, 0.4) is 0 Å². The Morgan fingerprint density at radius 1 is 0.897 bits per heavy atom. The van der Waals surface area contributed by atoms with Gasteiger partial charge in [-0.2, -0.15) is 0 Å². The molecule has 29 heavy (non-hydrogen) atoms. The van der Waals surface area contributed by atoms with Crippen LogP contribution in [0.5, 0.6) is 17.2 Å². The Morgan fingerprint density at radius 2 is 1.45 bits per heavy atom. The molecule has 0 spiro atoms. The number of rotatable bonds is 7. The fourth-order valence-electron chi connectivity index (χ4n) is 2.38. The van der Waals surface area contributed by atoms with Gasteiger partial charge >= 0.3 is 0 Å². The summed E-state index contributed by atoms with van der Waals surface area (Å²) >= 11 is 0.